The second kappa shape index (κ2) is 5.55. The second-order valence-corrected chi connectivity index (χ2v) is 6.17. The summed E-state index contributed by atoms with van der Waals surface area (Å²) in [6.07, 6.45) is 0.352. The van der Waals surface area contributed by atoms with Crippen LogP contribution in [0.15, 0.2) is 12.1 Å². The number of phenols is 1. The van der Waals surface area contributed by atoms with Crippen LogP contribution in [0, 0.1) is 0 Å². The molecule has 0 aliphatic carbocycles. The predicted octanol–water partition coefficient (Wildman–Crippen LogP) is 2.76. The molecular formula is C14H15Cl2NO4. The minimum absolute atomic E-state index is 0.0316. The number of carbonyl (C=O) groups excluding carboxylic acids is 1. The lowest BCUT2D eigenvalue weighted by Crippen LogP contribution is -2.30. The Morgan fingerprint density at radius 1 is 1.38 bits per heavy atom. The first-order valence-electron chi connectivity index (χ1n) is 6.78. The van der Waals surface area contributed by atoms with Crippen LogP contribution in [0.25, 0.3) is 0 Å². The summed E-state index contributed by atoms with van der Waals surface area (Å²) in [5.41, 5.74) is 0.578. The number of aliphatic hydroxyl groups is 1. The lowest BCUT2D eigenvalue weighted by Gasteiger charge is -2.17. The molecule has 3 rings (SSSR count). The van der Waals surface area contributed by atoms with Crippen molar-refractivity contribution in [2.45, 2.75) is 30.9 Å². The van der Waals surface area contributed by atoms with Gasteiger partial charge >= 0.3 is 6.09 Å². The van der Waals surface area contributed by atoms with Gasteiger partial charge in [0.1, 0.15) is 11.9 Å². The maximum atomic E-state index is 11.9. The summed E-state index contributed by atoms with van der Waals surface area (Å²) in [5.74, 6) is -0.00195. The van der Waals surface area contributed by atoms with Crippen LogP contribution < -0.4 is 0 Å². The molecule has 2 aliphatic rings. The van der Waals surface area contributed by atoms with Crippen molar-refractivity contribution in [1.29, 1.82) is 0 Å². The lowest BCUT2D eigenvalue weighted by atomic mass is 9.93. The fourth-order valence-corrected chi connectivity index (χ4v) is 3.72. The minimum Gasteiger partial charge on any atom is -0.508 e. The molecule has 114 valence electrons. The van der Waals surface area contributed by atoms with Gasteiger partial charge in [0.15, 0.2) is 0 Å². The topological polar surface area (TPSA) is 70.0 Å². The average molecular weight is 332 g/mol. The molecule has 0 bridgehead atoms. The Balaban J connectivity index is 1.88. The highest BCUT2D eigenvalue weighted by atomic mass is 35.5. The van der Waals surface area contributed by atoms with E-state index in [1.165, 1.54) is 6.07 Å². The largest absolute Gasteiger partial charge is 0.508 e. The predicted molar refractivity (Wildman–Crippen MR) is 78.0 cm³/mol. The number of nitrogens with zero attached hydrogens (tertiary/aromatic N) is 1. The first-order chi connectivity index (χ1) is 10.0. The summed E-state index contributed by atoms with van der Waals surface area (Å²) in [7, 11) is 0. The molecule has 0 saturated carbocycles. The molecular weight excluding hydrogens is 317 g/mol. The summed E-state index contributed by atoms with van der Waals surface area (Å²) in [6.45, 7) is 0.398. The summed E-state index contributed by atoms with van der Waals surface area (Å²) in [5, 5.41) is 19.8. The van der Waals surface area contributed by atoms with Crippen LogP contribution in [-0.4, -0.2) is 46.5 Å². The van der Waals surface area contributed by atoms with Gasteiger partial charge < -0.3 is 19.8 Å². The van der Waals surface area contributed by atoms with Gasteiger partial charge in [-0.05, 0) is 18.6 Å². The van der Waals surface area contributed by atoms with Crippen molar-refractivity contribution in [2.24, 2.45) is 0 Å². The number of benzene rings is 1. The lowest BCUT2D eigenvalue weighted by molar-refractivity contribution is 0.107. The molecule has 1 unspecified atom stereocenters. The van der Waals surface area contributed by atoms with Gasteiger partial charge in [0, 0.05) is 31.1 Å². The Hall–Kier alpha value is -1.17. The van der Waals surface area contributed by atoms with Gasteiger partial charge in [0.2, 0.25) is 0 Å². The molecule has 0 spiro atoms. The number of amides is 1. The van der Waals surface area contributed by atoms with Crippen molar-refractivity contribution in [2.75, 3.05) is 13.2 Å². The highest BCUT2D eigenvalue weighted by molar-refractivity contribution is 6.42. The first kappa shape index (κ1) is 14.8. The Bertz CT molecular complexity index is 580. The van der Waals surface area contributed by atoms with E-state index in [0.717, 1.165) is 0 Å². The van der Waals surface area contributed by atoms with E-state index in [9.17, 15) is 9.90 Å². The quantitative estimate of drug-likeness (QED) is 0.893. The zero-order valence-corrected chi connectivity index (χ0v) is 12.6. The maximum Gasteiger partial charge on any atom is 0.410 e. The SMILES string of the molecule is O=C1OC(CCO)[C@@H]2C[C@H](c3c(O)ccc(Cl)c3Cl)CN12. The van der Waals surface area contributed by atoms with Crippen LogP contribution in [0.2, 0.25) is 10.0 Å². The van der Waals surface area contributed by atoms with E-state index in [1.54, 1.807) is 11.0 Å². The summed E-state index contributed by atoms with van der Waals surface area (Å²) in [4.78, 5) is 13.5. The number of carbonyl (C=O) groups is 1. The van der Waals surface area contributed by atoms with E-state index in [-0.39, 0.29) is 36.5 Å². The monoisotopic (exact) mass is 331 g/mol. The Kier molecular flexibility index (Phi) is 3.90. The van der Waals surface area contributed by atoms with Crippen molar-refractivity contribution in [1.82, 2.24) is 4.90 Å². The second-order valence-electron chi connectivity index (χ2n) is 5.38. The molecule has 1 amide bonds. The number of cyclic esters (lactones) is 1. The zero-order valence-electron chi connectivity index (χ0n) is 11.1. The van der Waals surface area contributed by atoms with Crippen LogP contribution in [-0.2, 0) is 4.74 Å². The normalized spacial score (nSPS) is 27.9. The molecule has 0 radical (unpaired) electrons. The van der Waals surface area contributed by atoms with E-state index in [0.29, 0.717) is 35.0 Å². The molecule has 1 aromatic rings. The molecule has 2 heterocycles. The molecule has 7 heteroatoms. The number of ether oxygens (including phenoxy) is 1. The standard InChI is InChI=1S/C14H15Cl2NO4/c15-8-1-2-10(19)12(13(8)16)7-5-9-11(3-4-18)21-14(20)17(9)6-7/h1-2,7,9,11,18-19H,3-6H2/t7-,9-,11?/m0/s1. The number of aliphatic hydroxyl groups excluding tert-OH is 1. The molecule has 21 heavy (non-hydrogen) atoms. The average Bonchev–Trinajstić information content (AvgIpc) is 2.98. The fourth-order valence-electron chi connectivity index (χ4n) is 3.24. The van der Waals surface area contributed by atoms with Crippen LogP contribution in [0.3, 0.4) is 0 Å². The fraction of sp³-hybridized carbons (Fsp3) is 0.500. The van der Waals surface area contributed by atoms with E-state index in [4.69, 9.17) is 33.0 Å². The van der Waals surface area contributed by atoms with E-state index >= 15 is 0 Å². The molecule has 3 atom stereocenters. The molecule has 2 N–H and O–H groups in total. The van der Waals surface area contributed by atoms with Crippen molar-refractivity contribution in [3.63, 3.8) is 0 Å². The first-order valence-corrected chi connectivity index (χ1v) is 7.53. The van der Waals surface area contributed by atoms with Crippen molar-refractivity contribution < 1.29 is 19.7 Å². The van der Waals surface area contributed by atoms with Crippen LogP contribution in [0.5, 0.6) is 5.75 Å². The van der Waals surface area contributed by atoms with Crippen LogP contribution >= 0.6 is 23.2 Å². The van der Waals surface area contributed by atoms with Gasteiger partial charge in [0.25, 0.3) is 0 Å². The molecule has 5 nitrogen and oxygen atoms in total. The van der Waals surface area contributed by atoms with Gasteiger partial charge in [0.05, 0.1) is 16.1 Å². The number of fused-ring (bicyclic) bond motifs is 1. The highest BCUT2D eigenvalue weighted by Gasteiger charge is 2.48. The van der Waals surface area contributed by atoms with Gasteiger partial charge in [-0.25, -0.2) is 4.79 Å². The van der Waals surface area contributed by atoms with E-state index in [2.05, 4.69) is 0 Å². The van der Waals surface area contributed by atoms with E-state index < -0.39 is 0 Å². The Morgan fingerprint density at radius 2 is 2.14 bits per heavy atom. The van der Waals surface area contributed by atoms with Crippen molar-refractivity contribution in [3.05, 3.63) is 27.7 Å². The number of hydrogen-bond acceptors (Lipinski definition) is 4. The minimum atomic E-state index is -0.376. The zero-order chi connectivity index (χ0) is 15.1. The molecule has 2 aliphatic heterocycles. The molecule has 0 aromatic heterocycles. The van der Waals surface area contributed by atoms with Gasteiger partial charge in [-0.3, -0.25) is 0 Å². The molecule has 1 aromatic carbocycles. The number of phenolic OH excluding ortho intramolecular Hbond substituents is 1. The third-order valence-corrected chi connectivity index (χ3v) is 5.01. The summed E-state index contributed by atoms with van der Waals surface area (Å²) >= 11 is 12.2. The number of rotatable bonds is 3. The van der Waals surface area contributed by atoms with E-state index in [1.807, 2.05) is 0 Å². The van der Waals surface area contributed by atoms with Gasteiger partial charge in [-0.2, -0.15) is 0 Å². The Labute approximate surface area is 132 Å². The third-order valence-electron chi connectivity index (χ3n) is 4.19. The van der Waals surface area contributed by atoms with Crippen LogP contribution in [0.1, 0.15) is 24.3 Å². The summed E-state index contributed by atoms with van der Waals surface area (Å²) < 4.78 is 5.24. The molecule has 2 fully saturated rings. The van der Waals surface area contributed by atoms with Gasteiger partial charge in [-0.15, -0.1) is 0 Å². The van der Waals surface area contributed by atoms with Crippen LogP contribution in [0.4, 0.5) is 4.79 Å². The number of aromatic hydroxyl groups is 1. The number of hydrogen-bond donors (Lipinski definition) is 2. The van der Waals surface area contributed by atoms with Crippen molar-refractivity contribution in [3.8, 4) is 5.75 Å². The Morgan fingerprint density at radius 3 is 2.86 bits per heavy atom. The van der Waals surface area contributed by atoms with Gasteiger partial charge in [-0.1, -0.05) is 23.2 Å². The maximum absolute atomic E-state index is 11.9. The highest BCUT2D eigenvalue weighted by Crippen LogP contribution is 2.45. The third kappa shape index (κ3) is 2.43. The van der Waals surface area contributed by atoms with Crippen molar-refractivity contribution >= 4 is 29.3 Å². The smallest absolute Gasteiger partial charge is 0.410 e. The number of halogens is 2. The summed E-state index contributed by atoms with van der Waals surface area (Å²) in [6, 6.07) is 2.96. The molecule has 2 saturated heterocycles.